The highest BCUT2D eigenvalue weighted by Gasteiger charge is 1.88. The Morgan fingerprint density at radius 1 is 1.12 bits per heavy atom. The van der Waals surface area contributed by atoms with E-state index in [2.05, 4.69) is 40.7 Å². The smallest absolute Gasteiger partial charge is 0.0439 e. The van der Waals surface area contributed by atoms with E-state index in [0.29, 0.717) is 0 Å². The van der Waals surface area contributed by atoms with Crippen molar-refractivity contribution in [2.24, 2.45) is 5.92 Å². The van der Waals surface area contributed by atoms with Crippen LogP contribution in [0.2, 0.25) is 0 Å². The second-order valence-corrected chi connectivity index (χ2v) is 4.31. The van der Waals surface area contributed by atoms with Crippen molar-refractivity contribution in [1.82, 2.24) is 0 Å². The van der Waals surface area contributed by atoms with Crippen LogP contribution in [-0.4, -0.2) is 0 Å². The maximum absolute atomic E-state index is 2.27. The SMILES string of the molecule is C/C=C\C=C(C)C.CC.CCCCC(C)C. The minimum Gasteiger partial charge on any atom is -0.0877 e. The van der Waals surface area contributed by atoms with E-state index < -0.39 is 0 Å². The zero-order valence-electron chi connectivity index (χ0n) is 12.9. The number of rotatable bonds is 4. The Hall–Kier alpha value is -0.520. The number of allylic oxidation sites excluding steroid dienone is 4. The molecule has 0 aliphatic carbocycles. The average molecular weight is 226 g/mol. The average Bonchev–Trinajstić information content (AvgIpc) is 2.27. The molecule has 0 aromatic carbocycles. The van der Waals surface area contributed by atoms with E-state index in [-0.39, 0.29) is 0 Å². The first kappa shape index (κ1) is 20.8. The predicted octanol–water partition coefficient (Wildman–Crippen LogP) is 6.39. The molecule has 0 saturated heterocycles. The van der Waals surface area contributed by atoms with Crippen LogP contribution in [0, 0.1) is 5.92 Å². The Morgan fingerprint density at radius 2 is 1.62 bits per heavy atom. The molecule has 0 fully saturated rings. The van der Waals surface area contributed by atoms with Crippen LogP contribution in [0.4, 0.5) is 0 Å². The molecule has 16 heavy (non-hydrogen) atoms. The van der Waals surface area contributed by atoms with Gasteiger partial charge in [-0.1, -0.05) is 77.7 Å². The van der Waals surface area contributed by atoms with E-state index >= 15 is 0 Å². The van der Waals surface area contributed by atoms with Crippen molar-refractivity contribution in [2.75, 3.05) is 0 Å². The van der Waals surface area contributed by atoms with E-state index in [1.165, 1.54) is 24.8 Å². The highest BCUT2D eigenvalue weighted by atomic mass is 13.9. The van der Waals surface area contributed by atoms with Crippen molar-refractivity contribution in [3.05, 3.63) is 23.8 Å². The molecule has 0 heteroatoms. The molecule has 0 heterocycles. The van der Waals surface area contributed by atoms with Gasteiger partial charge in [0, 0.05) is 0 Å². The first-order chi connectivity index (χ1) is 7.54. The van der Waals surface area contributed by atoms with E-state index in [9.17, 15) is 0 Å². The van der Waals surface area contributed by atoms with E-state index in [1.807, 2.05) is 32.9 Å². The lowest BCUT2D eigenvalue weighted by molar-refractivity contribution is 0.550. The maximum atomic E-state index is 2.27. The molecule has 0 unspecified atom stereocenters. The zero-order valence-corrected chi connectivity index (χ0v) is 12.9. The molecule has 0 N–H and O–H groups in total. The second-order valence-electron chi connectivity index (χ2n) is 4.31. The molecular formula is C16H34. The van der Waals surface area contributed by atoms with Gasteiger partial charge < -0.3 is 0 Å². The van der Waals surface area contributed by atoms with Gasteiger partial charge in [-0.3, -0.25) is 0 Å². The third-order valence-electron chi connectivity index (χ3n) is 1.76. The van der Waals surface area contributed by atoms with Crippen LogP contribution in [0.15, 0.2) is 23.8 Å². The van der Waals surface area contributed by atoms with Crippen LogP contribution >= 0.6 is 0 Å². The lowest BCUT2D eigenvalue weighted by Gasteiger charge is -1.98. The molecule has 0 radical (unpaired) electrons. The summed E-state index contributed by atoms with van der Waals surface area (Å²) in [7, 11) is 0. The fourth-order valence-electron chi connectivity index (χ4n) is 0.901. The van der Waals surface area contributed by atoms with E-state index in [0.717, 1.165) is 5.92 Å². The Labute approximate surface area is 105 Å². The van der Waals surface area contributed by atoms with Crippen molar-refractivity contribution >= 4 is 0 Å². The summed E-state index contributed by atoms with van der Waals surface area (Å²) in [5, 5.41) is 0. The normalized spacial score (nSPS) is 9.06. The molecule has 0 aromatic rings. The van der Waals surface area contributed by atoms with Crippen LogP contribution < -0.4 is 0 Å². The first-order valence-electron chi connectivity index (χ1n) is 6.80. The summed E-state index contributed by atoms with van der Waals surface area (Å²) in [6, 6.07) is 0. The standard InChI is InChI=1S/C7H16.C7H12.C2H6/c2*1-4-5-6-7(2)3;1-2/h7H,4-6H2,1-3H3;4-6H,1-3H3;1-2H3/b;5-4-;. The third kappa shape index (κ3) is 37.5. The summed E-state index contributed by atoms with van der Waals surface area (Å²) in [5.41, 5.74) is 1.35. The molecule has 0 aliphatic rings. The third-order valence-corrected chi connectivity index (χ3v) is 1.76. The lowest BCUT2D eigenvalue weighted by atomic mass is 10.1. The topological polar surface area (TPSA) is 0 Å². The molecule has 0 nitrogen and oxygen atoms in total. The lowest BCUT2D eigenvalue weighted by Crippen LogP contribution is -1.83. The van der Waals surface area contributed by atoms with Crippen molar-refractivity contribution in [3.63, 3.8) is 0 Å². The Morgan fingerprint density at radius 3 is 1.75 bits per heavy atom. The van der Waals surface area contributed by atoms with Crippen molar-refractivity contribution in [3.8, 4) is 0 Å². The Bertz CT molecular complexity index is 145. The molecule has 0 rings (SSSR count). The number of unbranched alkanes of at least 4 members (excludes halogenated alkanes) is 1. The van der Waals surface area contributed by atoms with Gasteiger partial charge >= 0.3 is 0 Å². The fraction of sp³-hybridized carbons (Fsp3) is 0.750. The first-order valence-corrected chi connectivity index (χ1v) is 6.80. The number of hydrogen-bond donors (Lipinski definition) is 0. The van der Waals surface area contributed by atoms with Gasteiger partial charge in [-0.2, -0.15) is 0 Å². The largest absolute Gasteiger partial charge is 0.0877 e. The zero-order chi connectivity index (χ0) is 13.4. The van der Waals surface area contributed by atoms with Gasteiger partial charge in [0.05, 0.1) is 0 Å². The van der Waals surface area contributed by atoms with Gasteiger partial charge in [-0.25, -0.2) is 0 Å². The van der Waals surface area contributed by atoms with E-state index in [4.69, 9.17) is 0 Å². The van der Waals surface area contributed by atoms with Crippen LogP contribution in [0.3, 0.4) is 0 Å². The summed E-state index contributed by atoms with van der Waals surface area (Å²) in [6.07, 6.45) is 10.3. The summed E-state index contributed by atoms with van der Waals surface area (Å²) in [5.74, 6) is 0.903. The molecule has 0 atom stereocenters. The number of hydrogen-bond acceptors (Lipinski definition) is 0. The Kier molecular flexibility index (Phi) is 26.0. The summed E-state index contributed by atoms with van der Waals surface area (Å²) < 4.78 is 0. The molecule has 0 amide bonds. The molecule has 98 valence electrons. The monoisotopic (exact) mass is 226 g/mol. The van der Waals surface area contributed by atoms with Crippen molar-refractivity contribution in [2.45, 2.75) is 74.7 Å². The molecular weight excluding hydrogens is 192 g/mol. The highest BCUT2D eigenvalue weighted by molar-refractivity contribution is 5.06. The van der Waals surface area contributed by atoms with Gasteiger partial charge in [0.1, 0.15) is 0 Å². The highest BCUT2D eigenvalue weighted by Crippen LogP contribution is 2.04. The minimum absolute atomic E-state index is 0.903. The van der Waals surface area contributed by atoms with Crippen LogP contribution in [0.1, 0.15) is 74.7 Å². The van der Waals surface area contributed by atoms with Gasteiger partial charge in [0.2, 0.25) is 0 Å². The van der Waals surface area contributed by atoms with Gasteiger partial charge in [0.25, 0.3) is 0 Å². The van der Waals surface area contributed by atoms with Crippen LogP contribution in [0.5, 0.6) is 0 Å². The van der Waals surface area contributed by atoms with Gasteiger partial charge in [-0.05, 0) is 26.7 Å². The Balaban J connectivity index is -0.000000183. The van der Waals surface area contributed by atoms with Gasteiger partial charge in [0.15, 0.2) is 0 Å². The van der Waals surface area contributed by atoms with Crippen molar-refractivity contribution in [1.29, 1.82) is 0 Å². The van der Waals surface area contributed by atoms with Gasteiger partial charge in [-0.15, -0.1) is 0 Å². The molecule has 0 aliphatic heterocycles. The van der Waals surface area contributed by atoms with Crippen LogP contribution in [-0.2, 0) is 0 Å². The summed E-state index contributed by atoms with van der Waals surface area (Å²) in [6.45, 7) is 17.0. The van der Waals surface area contributed by atoms with E-state index in [1.54, 1.807) is 0 Å². The molecule has 0 spiro atoms. The molecule has 0 aromatic heterocycles. The summed E-state index contributed by atoms with van der Waals surface area (Å²) >= 11 is 0. The maximum Gasteiger partial charge on any atom is -0.0439 e. The summed E-state index contributed by atoms with van der Waals surface area (Å²) in [4.78, 5) is 0. The fourth-order valence-corrected chi connectivity index (χ4v) is 0.901. The predicted molar refractivity (Wildman–Crippen MR) is 80.0 cm³/mol. The molecule has 0 bridgehead atoms. The second kappa shape index (κ2) is 20.0. The van der Waals surface area contributed by atoms with Crippen LogP contribution in [0.25, 0.3) is 0 Å². The molecule has 0 saturated carbocycles. The minimum atomic E-state index is 0.903. The quantitative estimate of drug-likeness (QED) is 0.487. The van der Waals surface area contributed by atoms with Crippen molar-refractivity contribution < 1.29 is 0 Å².